The zero-order valence-corrected chi connectivity index (χ0v) is 14.7. The van der Waals surface area contributed by atoms with Crippen molar-refractivity contribution in [3.8, 4) is 0 Å². The molecule has 0 spiro atoms. The van der Waals surface area contributed by atoms with Crippen molar-refractivity contribution in [2.45, 2.75) is 66.2 Å². The Kier molecular flexibility index (Phi) is 5.93. The van der Waals surface area contributed by atoms with E-state index in [0.717, 1.165) is 13.1 Å². The Morgan fingerprint density at radius 1 is 1.23 bits per heavy atom. The zero-order valence-electron chi connectivity index (χ0n) is 14.7. The number of aromatic nitrogens is 2. The monoisotopic (exact) mass is 312 g/mol. The molecule has 7 nitrogen and oxygen atoms in total. The molecular weight excluding hydrogens is 284 g/mol. The molecular formula is C15H28N4O3. The van der Waals surface area contributed by atoms with Crippen molar-refractivity contribution in [1.29, 1.82) is 0 Å². The third-order valence-electron chi connectivity index (χ3n) is 3.09. The second-order valence-electron chi connectivity index (χ2n) is 6.73. The molecule has 0 bridgehead atoms. The summed E-state index contributed by atoms with van der Waals surface area (Å²) in [7, 11) is 0. The summed E-state index contributed by atoms with van der Waals surface area (Å²) in [6, 6.07) is 0. The van der Waals surface area contributed by atoms with Crippen molar-refractivity contribution < 1.29 is 14.1 Å². The highest BCUT2D eigenvalue weighted by molar-refractivity contribution is 5.68. The van der Waals surface area contributed by atoms with E-state index in [-0.39, 0.29) is 0 Å². The third kappa shape index (κ3) is 5.63. The molecule has 0 aliphatic heterocycles. The molecule has 1 N–H and O–H groups in total. The van der Waals surface area contributed by atoms with Gasteiger partial charge in [0, 0.05) is 0 Å². The van der Waals surface area contributed by atoms with Gasteiger partial charge in [-0.25, -0.2) is 4.79 Å². The molecule has 0 saturated heterocycles. The average molecular weight is 312 g/mol. The first kappa shape index (κ1) is 18.4. The summed E-state index contributed by atoms with van der Waals surface area (Å²) >= 11 is 0. The molecule has 7 heteroatoms. The number of carbonyl (C=O) groups is 1. The third-order valence-corrected chi connectivity index (χ3v) is 3.09. The van der Waals surface area contributed by atoms with Gasteiger partial charge in [0.05, 0.1) is 6.54 Å². The molecule has 0 aliphatic carbocycles. The van der Waals surface area contributed by atoms with Gasteiger partial charge in [0.1, 0.15) is 11.1 Å². The second kappa shape index (κ2) is 7.09. The first-order chi connectivity index (χ1) is 10.1. The summed E-state index contributed by atoms with van der Waals surface area (Å²) in [5, 5.41) is 6.74. The summed E-state index contributed by atoms with van der Waals surface area (Å²) in [6.07, 6.45) is -0.507. The van der Waals surface area contributed by atoms with Crippen LogP contribution < -0.4 is 5.32 Å². The van der Waals surface area contributed by atoms with E-state index in [9.17, 15) is 4.79 Å². The molecule has 0 fully saturated rings. The Hall–Kier alpha value is -1.63. The predicted octanol–water partition coefficient (Wildman–Crippen LogP) is 2.67. The van der Waals surface area contributed by atoms with Crippen molar-refractivity contribution >= 4 is 6.09 Å². The minimum Gasteiger partial charge on any atom is -0.444 e. The van der Waals surface area contributed by atoms with Crippen LogP contribution in [-0.4, -0.2) is 39.8 Å². The molecule has 126 valence electrons. The molecule has 22 heavy (non-hydrogen) atoms. The number of hydrogen-bond acceptors (Lipinski definition) is 6. The zero-order chi connectivity index (χ0) is 17.0. The van der Waals surface area contributed by atoms with Crippen molar-refractivity contribution in [1.82, 2.24) is 20.4 Å². The van der Waals surface area contributed by atoms with Gasteiger partial charge in [-0.2, -0.15) is 4.98 Å². The molecule has 0 unspecified atom stereocenters. The van der Waals surface area contributed by atoms with Crippen molar-refractivity contribution in [2.75, 3.05) is 13.1 Å². The topological polar surface area (TPSA) is 80.5 Å². The minimum atomic E-state index is -0.770. The predicted molar refractivity (Wildman–Crippen MR) is 83.3 cm³/mol. The summed E-state index contributed by atoms with van der Waals surface area (Å²) in [5.41, 5.74) is -1.32. The smallest absolute Gasteiger partial charge is 0.408 e. The molecule has 1 aromatic rings. The number of nitrogens with one attached hydrogen (secondary N) is 1. The highest BCUT2D eigenvalue weighted by atomic mass is 16.6. The molecule has 0 saturated carbocycles. The molecule has 1 aromatic heterocycles. The van der Waals surface area contributed by atoms with Gasteiger partial charge in [0.15, 0.2) is 5.82 Å². The van der Waals surface area contributed by atoms with Crippen LogP contribution in [-0.2, 0) is 16.8 Å². The van der Waals surface area contributed by atoms with Crippen LogP contribution in [0.5, 0.6) is 0 Å². The Balaban J connectivity index is 2.73. The van der Waals surface area contributed by atoms with Crippen LogP contribution in [0.25, 0.3) is 0 Å². The standard InChI is InChI=1S/C15H28N4O3/c1-8-19(9-2)10-11-16-12(18-22-11)15(6,7)17-13(20)21-14(3,4)5/h8-10H2,1-7H3,(H,17,20). The van der Waals surface area contributed by atoms with E-state index in [1.165, 1.54) is 0 Å². The normalized spacial score (nSPS) is 12.5. The number of alkyl carbamates (subject to hydrolysis) is 1. The summed E-state index contributed by atoms with van der Waals surface area (Å²) in [5.74, 6) is 0.971. The number of ether oxygens (including phenoxy) is 1. The molecule has 1 amide bonds. The van der Waals surface area contributed by atoms with Crippen molar-refractivity contribution in [3.05, 3.63) is 11.7 Å². The van der Waals surface area contributed by atoms with Crippen LogP contribution in [0.15, 0.2) is 4.52 Å². The second-order valence-corrected chi connectivity index (χ2v) is 6.73. The number of rotatable bonds is 6. The maximum absolute atomic E-state index is 11.9. The molecule has 0 atom stereocenters. The van der Waals surface area contributed by atoms with Crippen LogP contribution in [0.4, 0.5) is 4.79 Å². The maximum Gasteiger partial charge on any atom is 0.408 e. The lowest BCUT2D eigenvalue weighted by Gasteiger charge is -2.26. The first-order valence-electron chi connectivity index (χ1n) is 7.64. The molecule has 0 aliphatic rings. The molecule has 1 rings (SSSR count). The van der Waals surface area contributed by atoms with E-state index in [1.54, 1.807) is 0 Å². The average Bonchev–Trinajstić information content (AvgIpc) is 2.82. The van der Waals surface area contributed by atoms with Gasteiger partial charge in [0.25, 0.3) is 0 Å². The quantitative estimate of drug-likeness (QED) is 0.870. The van der Waals surface area contributed by atoms with E-state index in [2.05, 4.69) is 34.2 Å². The van der Waals surface area contributed by atoms with Gasteiger partial charge < -0.3 is 14.6 Å². The number of amides is 1. The van der Waals surface area contributed by atoms with Crippen LogP contribution in [0.2, 0.25) is 0 Å². The Labute approximate surface area is 132 Å². The molecule has 1 heterocycles. The highest BCUT2D eigenvalue weighted by Crippen LogP contribution is 2.18. The fraction of sp³-hybridized carbons (Fsp3) is 0.800. The molecule has 0 radical (unpaired) electrons. The van der Waals surface area contributed by atoms with Gasteiger partial charge in [-0.05, 0) is 47.7 Å². The fourth-order valence-corrected chi connectivity index (χ4v) is 1.83. The lowest BCUT2D eigenvalue weighted by Crippen LogP contribution is -2.44. The van der Waals surface area contributed by atoms with Crippen molar-refractivity contribution in [2.24, 2.45) is 0 Å². The lowest BCUT2D eigenvalue weighted by atomic mass is 10.1. The Morgan fingerprint density at radius 3 is 2.32 bits per heavy atom. The van der Waals surface area contributed by atoms with Gasteiger partial charge >= 0.3 is 6.09 Å². The van der Waals surface area contributed by atoms with Crippen LogP contribution in [0.1, 0.15) is 60.2 Å². The van der Waals surface area contributed by atoms with Gasteiger partial charge in [-0.15, -0.1) is 0 Å². The minimum absolute atomic E-state index is 0.431. The largest absolute Gasteiger partial charge is 0.444 e. The number of carbonyl (C=O) groups excluding carboxylic acids is 1. The summed E-state index contributed by atoms with van der Waals surface area (Å²) < 4.78 is 10.5. The number of nitrogens with zero attached hydrogens (tertiary/aromatic N) is 3. The van der Waals surface area contributed by atoms with E-state index >= 15 is 0 Å². The Bertz CT molecular complexity index is 487. The lowest BCUT2D eigenvalue weighted by molar-refractivity contribution is 0.0465. The highest BCUT2D eigenvalue weighted by Gasteiger charge is 2.31. The molecule has 0 aromatic carbocycles. The van der Waals surface area contributed by atoms with Gasteiger partial charge in [-0.3, -0.25) is 4.90 Å². The van der Waals surface area contributed by atoms with E-state index < -0.39 is 17.2 Å². The van der Waals surface area contributed by atoms with E-state index in [4.69, 9.17) is 9.26 Å². The summed E-state index contributed by atoms with van der Waals surface area (Å²) in [4.78, 5) is 18.4. The number of hydrogen-bond donors (Lipinski definition) is 1. The van der Waals surface area contributed by atoms with Crippen LogP contribution in [0.3, 0.4) is 0 Å². The van der Waals surface area contributed by atoms with Crippen molar-refractivity contribution in [3.63, 3.8) is 0 Å². The van der Waals surface area contributed by atoms with Gasteiger partial charge in [0.2, 0.25) is 5.89 Å². The maximum atomic E-state index is 11.9. The van der Waals surface area contributed by atoms with E-state index in [0.29, 0.717) is 18.3 Å². The fourth-order valence-electron chi connectivity index (χ4n) is 1.83. The van der Waals surface area contributed by atoms with Crippen LogP contribution in [0, 0.1) is 0 Å². The Morgan fingerprint density at radius 2 is 1.82 bits per heavy atom. The van der Waals surface area contributed by atoms with Crippen LogP contribution >= 0.6 is 0 Å². The summed E-state index contributed by atoms with van der Waals surface area (Å²) in [6.45, 7) is 15.6. The van der Waals surface area contributed by atoms with Gasteiger partial charge in [-0.1, -0.05) is 19.0 Å². The van der Waals surface area contributed by atoms with E-state index in [1.807, 2.05) is 34.6 Å². The first-order valence-corrected chi connectivity index (χ1v) is 7.64. The SMILES string of the molecule is CCN(CC)Cc1nc(C(C)(C)NC(=O)OC(C)(C)C)no1.